The molecule has 0 spiro atoms. The molecule has 0 aliphatic carbocycles. The van der Waals surface area contributed by atoms with Crippen molar-refractivity contribution in [2.45, 2.75) is 11.3 Å². The summed E-state index contributed by atoms with van der Waals surface area (Å²) in [5, 5.41) is 5.39. The second-order valence-corrected chi connectivity index (χ2v) is 7.42. The molecule has 0 bridgehead atoms. The van der Waals surface area contributed by atoms with E-state index in [4.69, 9.17) is 9.47 Å². The van der Waals surface area contributed by atoms with Crippen LogP contribution in [0, 0.1) is 0 Å². The van der Waals surface area contributed by atoms with Crippen LogP contribution in [0.5, 0.6) is 11.5 Å². The summed E-state index contributed by atoms with van der Waals surface area (Å²) in [5.74, 6) is 1.12. The van der Waals surface area contributed by atoms with Gasteiger partial charge in [0.05, 0.1) is 26.3 Å². The van der Waals surface area contributed by atoms with Gasteiger partial charge in [0.1, 0.15) is 0 Å². The molecule has 0 radical (unpaired) electrons. The van der Waals surface area contributed by atoms with Gasteiger partial charge in [-0.25, -0.2) is 4.98 Å². The van der Waals surface area contributed by atoms with E-state index in [1.165, 1.54) is 16.2 Å². The van der Waals surface area contributed by atoms with Gasteiger partial charge < -0.3 is 14.8 Å². The number of carbonyl (C=O) groups is 1. The van der Waals surface area contributed by atoms with E-state index in [9.17, 15) is 4.79 Å². The Kier molecular flexibility index (Phi) is 6.36. The molecule has 3 aromatic rings. The molecule has 0 saturated carbocycles. The van der Waals surface area contributed by atoms with Crippen LogP contribution in [0.25, 0.3) is 11.3 Å². The Morgan fingerprint density at radius 1 is 1.11 bits per heavy atom. The van der Waals surface area contributed by atoms with Crippen molar-refractivity contribution in [1.82, 2.24) is 4.98 Å². The highest BCUT2D eigenvalue weighted by Gasteiger charge is 2.11. The zero-order valence-corrected chi connectivity index (χ0v) is 16.9. The van der Waals surface area contributed by atoms with Crippen molar-refractivity contribution in [3.63, 3.8) is 0 Å². The van der Waals surface area contributed by atoms with E-state index in [0.29, 0.717) is 16.6 Å². The van der Waals surface area contributed by atoms with Gasteiger partial charge in [-0.2, -0.15) is 0 Å². The zero-order valence-electron chi connectivity index (χ0n) is 15.3. The van der Waals surface area contributed by atoms with Crippen LogP contribution in [0.4, 0.5) is 5.13 Å². The Hall–Kier alpha value is -2.51. The van der Waals surface area contributed by atoms with Crippen LogP contribution in [-0.2, 0) is 11.2 Å². The number of benzene rings is 2. The number of rotatable bonds is 7. The third-order valence-corrected chi connectivity index (χ3v) is 5.45. The molecule has 0 aliphatic rings. The maximum absolute atomic E-state index is 12.3. The number of nitrogens with one attached hydrogen (secondary N) is 1. The first-order valence-corrected chi connectivity index (χ1v) is 10.3. The Labute approximate surface area is 166 Å². The summed E-state index contributed by atoms with van der Waals surface area (Å²) in [7, 11) is 3.16. The largest absolute Gasteiger partial charge is 0.493 e. The minimum atomic E-state index is -0.124. The van der Waals surface area contributed by atoms with Gasteiger partial charge in [0.25, 0.3) is 0 Å². The molecule has 2 aromatic carbocycles. The number of hydrogen-bond acceptors (Lipinski definition) is 6. The van der Waals surface area contributed by atoms with Gasteiger partial charge in [-0.15, -0.1) is 23.1 Å². The summed E-state index contributed by atoms with van der Waals surface area (Å²) in [6.45, 7) is 0. The molecule has 0 aliphatic heterocycles. The second-order valence-electron chi connectivity index (χ2n) is 5.68. The van der Waals surface area contributed by atoms with E-state index in [1.807, 2.05) is 29.8 Å². The van der Waals surface area contributed by atoms with Crippen molar-refractivity contribution < 1.29 is 14.3 Å². The van der Waals surface area contributed by atoms with Crippen LogP contribution < -0.4 is 14.8 Å². The summed E-state index contributed by atoms with van der Waals surface area (Å²) in [4.78, 5) is 18.1. The number of thiazole rings is 1. The van der Waals surface area contributed by atoms with E-state index >= 15 is 0 Å². The fraction of sp³-hybridized carbons (Fsp3) is 0.200. The summed E-state index contributed by atoms with van der Waals surface area (Å²) in [5.41, 5.74) is 2.73. The highest BCUT2D eigenvalue weighted by Crippen LogP contribution is 2.29. The topological polar surface area (TPSA) is 60.5 Å². The first-order valence-electron chi connectivity index (χ1n) is 8.23. The highest BCUT2D eigenvalue weighted by atomic mass is 32.2. The molecule has 0 saturated heterocycles. The predicted molar refractivity (Wildman–Crippen MR) is 111 cm³/mol. The number of hydrogen-bond donors (Lipinski definition) is 1. The molecule has 140 valence electrons. The molecule has 1 heterocycles. The van der Waals surface area contributed by atoms with Crippen LogP contribution in [0.3, 0.4) is 0 Å². The Morgan fingerprint density at radius 2 is 1.85 bits per heavy atom. The van der Waals surface area contributed by atoms with E-state index in [1.54, 1.807) is 38.1 Å². The maximum atomic E-state index is 12.3. The minimum Gasteiger partial charge on any atom is -0.493 e. The quantitative estimate of drug-likeness (QED) is 0.581. The Bertz CT molecular complexity index is 923. The normalized spacial score (nSPS) is 10.5. The SMILES string of the molecule is COc1ccc(CC(=O)Nc2nc(-c3ccc(SC)cc3)cs2)cc1OC. The van der Waals surface area contributed by atoms with Crippen molar-refractivity contribution in [1.29, 1.82) is 0 Å². The number of thioether (sulfide) groups is 1. The number of methoxy groups -OCH3 is 2. The molecule has 7 heteroatoms. The van der Waals surface area contributed by atoms with E-state index in [-0.39, 0.29) is 12.3 Å². The predicted octanol–water partition coefficient (Wildman–Crippen LogP) is 4.73. The molecule has 1 N–H and O–H groups in total. The molecule has 5 nitrogen and oxygen atoms in total. The molecule has 0 fully saturated rings. The van der Waals surface area contributed by atoms with Gasteiger partial charge in [0.2, 0.25) is 5.91 Å². The van der Waals surface area contributed by atoms with Gasteiger partial charge in [-0.1, -0.05) is 18.2 Å². The van der Waals surface area contributed by atoms with Gasteiger partial charge in [0.15, 0.2) is 16.6 Å². The maximum Gasteiger partial charge on any atom is 0.230 e. The lowest BCUT2D eigenvalue weighted by Gasteiger charge is -2.09. The van der Waals surface area contributed by atoms with E-state index in [0.717, 1.165) is 16.8 Å². The summed E-state index contributed by atoms with van der Waals surface area (Å²) < 4.78 is 10.5. The highest BCUT2D eigenvalue weighted by molar-refractivity contribution is 7.98. The fourth-order valence-corrected chi connectivity index (χ4v) is 3.71. The second kappa shape index (κ2) is 8.92. The summed E-state index contributed by atoms with van der Waals surface area (Å²) in [6.07, 6.45) is 2.28. The lowest BCUT2D eigenvalue weighted by molar-refractivity contribution is -0.115. The van der Waals surface area contributed by atoms with Crippen LogP contribution in [-0.4, -0.2) is 31.4 Å². The zero-order chi connectivity index (χ0) is 19.2. The molecule has 27 heavy (non-hydrogen) atoms. The molecular weight excluding hydrogens is 380 g/mol. The van der Waals surface area contributed by atoms with Crippen molar-refractivity contribution in [2.75, 3.05) is 25.8 Å². The fourth-order valence-electron chi connectivity index (χ4n) is 2.56. The molecule has 0 unspecified atom stereocenters. The first kappa shape index (κ1) is 19.3. The van der Waals surface area contributed by atoms with Crippen molar-refractivity contribution in [2.24, 2.45) is 0 Å². The smallest absolute Gasteiger partial charge is 0.230 e. The molecule has 1 amide bonds. The number of ether oxygens (including phenoxy) is 2. The number of nitrogens with zero attached hydrogens (tertiary/aromatic N) is 1. The number of aromatic nitrogens is 1. The first-order chi connectivity index (χ1) is 13.1. The third kappa shape index (κ3) is 4.81. The number of carbonyl (C=O) groups excluding carboxylic acids is 1. The van der Waals surface area contributed by atoms with Crippen molar-refractivity contribution in [3.8, 4) is 22.8 Å². The van der Waals surface area contributed by atoms with Gasteiger partial charge in [0, 0.05) is 15.8 Å². The van der Waals surface area contributed by atoms with Gasteiger partial charge in [-0.05, 0) is 36.1 Å². The minimum absolute atomic E-state index is 0.124. The average molecular weight is 401 g/mol. The average Bonchev–Trinajstić information content (AvgIpc) is 3.16. The Balaban J connectivity index is 1.65. The lowest BCUT2D eigenvalue weighted by atomic mass is 10.1. The summed E-state index contributed by atoms with van der Waals surface area (Å²) >= 11 is 3.11. The van der Waals surface area contributed by atoms with Crippen molar-refractivity contribution in [3.05, 3.63) is 53.4 Å². The molecular formula is C20H20N2O3S2. The number of anilines is 1. The van der Waals surface area contributed by atoms with Crippen LogP contribution in [0.1, 0.15) is 5.56 Å². The van der Waals surface area contributed by atoms with Crippen LogP contribution in [0.2, 0.25) is 0 Å². The standard InChI is InChI=1S/C20H20N2O3S2/c1-24-17-9-4-13(10-18(17)25-2)11-19(23)22-20-21-16(12-27-20)14-5-7-15(26-3)8-6-14/h4-10,12H,11H2,1-3H3,(H,21,22,23). The van der Waals surface area contributed by atoms with E-state index < -0.39 is 0 Å². The molecule has 3 rings (SSSR count). The van der Waals surface area contributed by atoms with Crippen LogP contribution >= 0.6 is 23.1 Å². The molecule has 1 aromatic heterocycles. The molecule has 0 atom stereocenters. The van der Waals surface area contributed by atoms with Gasteiger partial charge in [-0.3, -0.25) is 4.79 Å². The number of amides is 1. The summed E-state index contributed by atoms with van der Waals surface area (Å²) in [6, 6.07) is 13.7. The third-order valence-electron chi connectivity index (χ3n) is 3.95. The lowest BCUT2D eigenvalue weighted by Crippen LogP contribution is -2.14. The Morgan fingerprint density at radius 3 is 2.52 bits per heavy atom. The van der Waals surface area contributed by atoms with Crippen LogP contribution in [0.15, 0.2) is 52.7 Å². The monoisotopic (exact) mass is 400 g/mol. The van der Waals surface area contributed by atoms with Gasteiger partial charge >= 0.3 is 0 Å². The van der Waals surface area contributed by atoms with E-state index in [2.05, 4.69) is 22.4 Å². The van der Waals surface area contributed by atoms with Crippen molar-refractivity contribution >= 4 is 34.1 Å².